The monoisotopic (exact) mass is 353 g/mol. The van der Waals surface area contributed by atoms with E-state index in [1.165, 1.54) is 0 Å². The minimum Gasteiger partial charge on any atom is -0.355 e. The van der Waals surface area contributed by atoms with Crippen molar-refractivity contribution in [3.05, 3.63) is 47.8 Å². The zero-order valence-electron chi connectivity index (χ0n) is 15.0. The number of aryl methyl sites for hydroxylation is 1. The third-order valence-corrected chi connectivity index (χ3v) is 4.51. The summed E-state index contributed by atoms with van der Waals surface area (Å²) in [6, 6.07) is 7.21. The summed E-state index contributed by atoms with van der Waals surface area (Å²) in [4.78, 5) is 35.3. The number of hydrogen-bond donors (Lipinski definition) is 2. The molecule has 3 rings (SSSR count). The van der Waals surface area contributed by atoms with E-state index in [0.717, 1.165) is 24.9 Å². The number of carbonyl (C=O) groups excluding carboxylic acids is 2. The molecule has 1 aliphatic rings. The maximum Gasteiger partial charge on any atom is 0.254 e. The molecule has 2 amide bonds. The lowest BCUT2D eigenvalue weighted by Gasteiger charge is -2.33. The maximum absolute atomic E-state index is 12.6. The first-order chi connectivity index (χ1) is 12.6. The van der Waals surface area contributed by atoms with Crippen molar-refractivity contribution in [3.63, 3.8) is 0 Å². The van der Waals surface area contributed by atoms with Gasteiger partial charge in [-0.25, -0.2) is 9.97 Å². The molecule has 2 aromatic rings. The number of anilines is 2. The predicted octanol–water partition coefficient (Wildman–Crippen LogP) is 2.00. The van der Waals surface area contributed by atoms with E-state index in [-0.39, 0.29) is 17.7 Å². The van der Waals surface area contributed by atoms with Gasteiger partial charge >= 0.3 is 0 Å². The summed E-state index contributed by atoms with van der Waals surface area (Å²) in [7, 11) is 1.60. The van der Waals surface area contributed by atoms with Crippen LogP contribution in [0.25, 0.3) is 0 Å². The minimum atomic E-state index is -0.177. The number of pyridine rings is 2. The second-order valence-electron chi connectivity index (χ2n) is 6.45. The Morgan fingerprint density at radius 2 is 2.08 bits per heavy atom. The Kier molecular flexibility index (Phi) is 5.46. The quantitative estimate of drug-likeness (QED) is 0.878. The molecule has 1 fully saturated rings. The Morgan fingerprint density at radius 1 is 1.23 bits per heavy atom. The summed E-state index contributed by atoms with van der Waals surface area (Å²) < 4.78 is 0. The van der Waals surface area contributed by atoms with E-state index in [0.29, 0.717) is 23.7 Å². The van der Waals surface area contributed by atoms with Crippen LogP contribution in [-0.4, -0.2) is 41.9 Å². The van der Waals surface area contributed by atoms with E-state index < -0.39 is 0 Å². The first-order valence-electron chi connectivity index (χ1n) is 8.74. The van der Waals surface area contributed by atoms with Gasteiger partial charge in [0.2, 0.25) is 5.91 Å². The second kappa shape index (κ2) is 7.95. The molecule has 2 N–H and O–H groups in total. The van der Waals surface area contributed by atoms with Gasteiger partial charge in [-0.3, -0.25) is 9.59 Å². The molecule has 0 bridgehead atoms. The first kappa shape index (κ1) is 17.8. The number of carbonyl (C=O) groups is 2. The molecule has 0 saturated carbocycles. The summed E-state index contributed by atoms with van der Waals surface area (Å²) in [5, 5.41) is 5.52. The molecule has 0 aliphatic carbocycles. The molecule has 0 radical (unpaired) electrons. The van der Waals surface area contributed by atoms with Crippen LogP contribution in [0.2, 0.25) is 0 Å². The average Bonchev–Trinajstić information content (AvgIpc) is 2.69. The Balaban J connectivity index is 1.72. The van der Waals surface area contributed by atoms with Gasteiger partial charge in [0.15, 0.2) is 0 Å². The number of hydrogen-bond acceptors (Lipinski definition) is 5. The lowest BCUT2D eigenvalue weighted by atomic mass is 9.96. The lowest BCUT2D eigenvalue weighted by Crippen LogP contribution is -2.42. The Morgan fingerprint density at radius 3 is 2.81 bits per heavy atom. The van der Waals surface area contributed by atoms with Crippen LogP contribution in [0, 0.1) is 12.8 Å². The Bertz CT molecular complexity index is 791. The van der Waals surface area contributed by atoms with E-state index in [1.807, 2.05) is 17.9 Å². The number of amides is 2. The van der Waals surface area contributed by atoms with Crippen molar-refractivity contribution in [1.82, 2.24) is 15.3 Å². The van der Waals surface area contributed by atoms with Crippen LogP contribution >= 0.6 is 0 Å². The fraction of sp³-hybridized carbons (Fsp3) is 0.368. The van der Waals surface area contributed by atoms with Crippen molar-refractivity contribution in [2.24, 2.45) is 5.92 Å². The van der Waals surface area contributed by atoms with Gasteiger partial charge in [0, 0.05) is 32.5 Å². The summed E-state index contributed by atoms with van der Waals surface area (Å²) >= 11 is 0. The molecular formula is C19H23N5O2. The maximum atomic E-state index is 12.6. The zero-order chi connectivity index (χ0) is 18.5. The van der Waals surface area contributed by atoms with Gasteiger partial charge in [-0.2, -0.15) is 0 Å². The molecule has 1 aliphatic heterocycles. The summed E-state index contributed by atoms with van der Waals surface area (Å²) in [6.07, 6.45) is 5.06. The molecular weight excluding hydrogens is 330 g/mol. The van der Waals surface area contributed by atoms with Crippen LogP contribution in [0.1, 0.15) is 28.8 Å². The molecule has 0 spiro atoms. The molecule has 1 atom stereocenters. The molecule has 0 aromatic carbocycles. The Hall–Kier alpha value is -2.96. The minimum absolute atomic E-state index is 0.0523. The zero-order valence-corrected chi connectivity index (χ0v) is 15.0. The summed E-state index contributed by atoms with van der Waals surface area (Å²) in [6.45, 7) is 3.25. The summed E-state index contributed by atoms with van der Waals surface area (Å²) in [5.41, 5.74) is 1.57. The number of piperidine rings is 1. The standard InChI is InChI=1S/C19H23N5O2/c1-13-7-8-16(22-11-13)23-18(25)14-5-4-10-24(12-14)17-15(19(26)20-2)6-3-9-21-17/h3,6-9,11,14H,4-5,10,12H2,1-2H3,(H,20,26)(H,22,23,25). The van der Waals surface area contributed by atoms with Crippen LogP contribution < -0.4 is 15.5 Å². The highest BCUT2D eigenvalue weighted by Crippen LogP contribution is 2.25. The van der Waals surface area contributed by atoms with Crippen molar-refractivity contribution in [2.45, 2.75) is 19.8 Å². The molecule has 1 unspecified atom stereocenters. The number of aromatic nitrogens is 2. The molecule has 7 nitrogen and oxygen atoms in total. The first-order valence-corrected chi connectivity index (χ1v) is 8.74. The smallest absolute Gasteiger partial charge is 0.254 e. The molecule has 3 heterocycles. The van der Waals surface area contributed by atoms with E-state index in [2.05, 4.69) is 20.6 Å². The van der Waals surface area contributed by atoms with Gasteiger partial charge in [0.1, 0.15) is 11.6 Å². The average molecular weight is 353 g/mol. The predicted molar refractivity (Wildman–Crippen MR) is 100 cm³/mol. The van der Waals surface area contributed by atoms with E-state index >= 15 is 0 Å². The normalized spacial score (nSPS) is 16.8. The van der Waals surface area contributed by atoms with Crippen molar-refractivity contribution >= 4 is 23.5 Å². The highest BCUT2D eigenvalue weighted by molar-refractivity contribution is 5.99. The summed E-state index contributed by atoms with van der Waals surface area (Å²) in [5.74, 6) is 0.776. The fourth-order valence-corrected chi connectivity index (χ4v) is 3.11. The highest BCUT2D eigenvalue weighted by Gasteiger charge is 2.28. The number of nitrogens with one attached hydrogen (secondary N) is 2. The van der Waals surface area contributed by atoms with E-state index in [9.17, 15) is 9.59 Å². The van der Waals surface area contributed by atoms with Crippen LogP contribution in [-0.2, 0) is 4.79 Å². The third-order valence-electron chi connectivity index (χ3n) is 4.51. The van der Waals surface area contributed by atoms with Gasteiger partial charge in [0.25, 0.3) is 5.91 Å². The van der Waals surface area contributed by atoms with E-state index in [4.69, 9.17) is 0 Å². The fourth-order valence-electron chi connectivity index (χ4n) is 3.11. The largest absolute Gasteiger partial charge is 0.355 e. The van der Waals surface area contributed by atoms with Gasteiger partial charge in [-0.05, 0) is 43.5 Å². The van der Waals surface area contributed by atoms with Crippen molar-refractivity contribution in [2.75, 3.05) is 30.4 Å². The van der Waals surface area contributed by atoms with E-state index in [1.54, 1.807) is 37.6 Å². The lowest BCUT2D eigenvalue weighted by molar-refractivity contribution is -0.120. The SMILES string of the molecule is CNC(=O)c1cccnc1N1CCCC(C(=O)Nc2ccc(C)cn2)C1. The topological polar surface area (TPSA) is 87.2 Å². The van der Waals surface area contributed by atoms with Crippen LogP contribution in [0.5, 0.6) is 0 Å². The van der Waals surface area contributed by atoms with Crippen molar-refractivity contribution < 1.29 is 9.59 Å². The van der Waals surface area contributed by atoms with Gasteiger partial charge in [-0.15, -0.1) is 0 Å². The van der Waals surface area contributed by atoms with Crippen LogP contribution in [0.3, 0.4) is 0 Å². The highest BCUT2D eigenvalue weighted by atomic mass is 16.2. The molecule has 136 valence electrons. The Labute approximate surface area is 152 Å². The van der Waals surface area contributed by atoms with Crippen LogP contribution in [0.15, 0.2) is 36.7 Å². The van der Waals surface area contributed by atoms with Gasteiger partial charge < -0.3 is 15.5 Å². The van der Waals surface area contributed by atoms with Gasteiger partial charge in [0.05, 0.1) is 11.5 Å². The van der Waals surface area contributed by atoms with Crippen LogP contribution in [0.4, 0.5) is 11.6 Å². The third kappa shape index (κ3) is 3.99. The number of rotatable bonds is 4. The van der Waals surface area contributed by atoms with Crippen molar-refractivity contribution in [3.8, 4) is 0 Å². The van der Waals surface area contributed by atoms with Crippen molar-refractivity contribution in [1.29, 1.82) is 0 Å². The van der Waals surface area contributed by atoms with Gasteiger partial charge in [-0.1, -0.05) is 6.07 Å². The second-order valence-corrected chi connectivity index (χ2v) is 6.45. The molecule has 2 aromatic heterocycles. The number of nitrogens with zero attached hydrogens (tertiary/aromatic N) is 3. The molecule has 26 heavy (non-hydrogen) atoms. The molecule has 7 heteroatoms. The molecule has 1 saturated heterocycles.